The number of thiophene rings is 1. The van der Waals surface area contributed by atoms with Crippen LogP contribution < -0.4 is 4.90 Å². The lowest BCUT2D eigenvalue weighted by Crippen LogP contribution is -2.54. The topological polar surface area (TPSA) is 60.5 Å². The van der Waals surface area contributed by atoms with Gasteiger partial charge in [-0.2, -0.15) is 0 Å². The third-order valence-corrected chi connectivity index (χ3v) is 8.06. The maximum absolute atomic E-state index is 6.79. The summed E-state index contributed by atoms with van der Waals surface area (Å²) in [5, 5.41) is 3.31. The molecule has 2 unspecified atom stereocenters. The standard InChI is InChI=1S/C26H32N6OS/c1-18(2)31-11-9-30(10-12-31)15-19-16-32(26-28-14-25-23(29-26)7-13-34-25)17-24(33-19)21-4-3-5-22-20(21)6-8-27-22/h3-8,13-14,18-19,24,27H,9-12,15-17H2,1-2H3. The zero-order valence-electron chi connectivity index (χ0n) is 19.9. The van der Waals surface area contributed by atoms with E-state index in [1.54, 1.807) is 11.3 Å². The molecule has 0 aliphatic carbocycles. The first-order chi connectivity index (χ1) is 16.6. The van der Waals surface area contributed by atoms with Gasteiger partial charge < -0.3 is 14.6 Å². The van der Waals surface area contributed by atoms with Crippen LogP contribution in [-0.2, 0) is 4.74 Å². The van der Waals surface area contributed by atoms with E-state index in [0.29, 0.717) is 6.04 Å². The summed E-state index contributed by atoms with van der Waals surface area (Å²) in [5.74, 6) is 0.801. The fourth-order valence-electron chi connectivity index (χ4n) is 5.32. The number of fused-ring (bicyclic) bond motifs is 2. The van der Waals surface area contributed by atoms with Gasteiger partial charge in [0.15, 0.2) is 0 Å². The van der Waals surface area contributed by atoms with Gasteiger partial charge >= 0.3 is 0 Å². The van der Waals surface area contributed by atoms with Crippen molar-refractivity contribution in [3.63, 3.8) is 0 Å². The summed E-state index contributed by atoms with van der Waals surface area (Å²) in [6.07, 6.45) is 4.03. The van der Waals surface area contributed by atoms with Crippen LogP contribution in [0.4, 0.5) is 5.95 Å². The van der Waals surface area contributed by atoms with Crippen LogP contribution in [0.15, 0.2) is 48.1 Å². The predicted octanol–water partition coefficient (Wildman–Crippen LogP) is 4.15. The van der Waals surface area contributed by atoms with Gasteiger partial charge in [-0.15, -0.1) is 11.3 Å². The molecule has 0 spiro atoms. The average Bonchev–Trinajstić information content (AvgIpc) is 3.53. The number of nitrogens with one attached hydrogen (secondary N) is 1. The summed E-state index contributed by atoms with van der Waals surface area (Å²) in [4.78, 5) is 20.4. The Hall–Kier alpha value is -2.52. The van der Waals surface area contributed by atoms with E-state index in [2.05, 4.69) is 69.2 Å². The lowest BCUT2D eigenvalue weighted by atomic mass is 10.0. The molecule has 6 rings (SSSR count). The molecule has 0 saturated carbocycles. The number of piperazine rings is 1. The number of aromatic nitrogens is 3. The minimum atomic E-state index is -0.0306. The van der Waals surface area contributed by atoms with Crippen LogP contribution in [0.1, 0.15) is 25.5 Å². The number of aromatic amines is 1. The van der Waals surface area contributed by atoms with Crippen LogP contribution in [0, 0.1) is 0 Å². The number of rotatable bonds is 5. The lowest BCUT2D eigenvalue weighted by Gasteiger charge is -2.42. The quantitative estimate of drug-likeness (QED) is 0.467. The maximum Gasteiger partial charge on any atom is 0.226 e. The largest absolute Gasteiger partial charge is 0.365 e. The second-order valence-corrected chi connectivity index (χ2v) is 10.7. The van der Waals surface area contributed by atoms with E-state index in [-0.39, 0.29) is 12.2 Å². The minimum Gasteiger partial charge on any atom is -0.365 e. The van der Waals surface area contributed by atoms with Crippen molar-refractivity contribution < 1.29 is 4.74 Å². The van der Waals surface area contributed by atoms with Gasteiger partial charge in [-0.25, -0.2) is 9.97 Å². The lowest BCUT2D eigenvalue weighted by molar-refractivity contribution is -0.0484. The summed E-state index contributed by atoms with van der Waals surface area (Å²) >= 11 is 1.69. The van der Waals surface area contributed by atoms with Crippen molar-refractivity contribution in [2.45, 2.75) is 32.1 Å². The molecule has 2 saturated heterocycles. The fourth-order valence-corrected chi connectivity index (χ4v) is 6.02. The molecule has 178 valence electrons. The number of hydrogen-bond donors (Lipinski definition) is 1. The first kappa shape index (κ1) is 22.0. The van der Waals surface area contributed by atoms with Gasteiger partial charge in [-0.05, 0) is 43.0 Å². The van der Waals surface area contributed by atoms with E-state index in [9.17, 15) is 0 Å². The zero-order valence-corrected chi connectivity index (χ0v) is 20.7. The van der Waals surface area contributed by atoms with Gasteiger partial charge in [-0.3, -0.25) is 9.80 Å². The highest BCUT2D eigenvalue weighted by Gasteiger charge is 2.33. The molecule has 0 radical (unpaired) electrons. The number of H-pyrrole nitrogens is 1. The fraction of sp³-hybridized carbons (Fsp3) is 0.462. The van der Waals surface area contributed by atoms with E-state index < -0.39 is 0 Å². The molecule has 34 heavy (non-hydrogen) atoms. The summed E-state index contributed by atoms with van der Waals surface area (Å²) in [6, 6.07) is 11.3. The van der Waals surface area contributed by atoms with Crippen molar-refractivity contribution >= 4 is 38.4 Å². The Bertz CT molecular complexity index is 1260. The second-order valence-electron chi connectivity index (χ2n) is 9.71. The SMILES string of the molecule is CC(C)N1CCN(CC2CN(c3ncc4sccc4n3)CC(c3cccc4[nH]ccc34)O2)CC1. The van der Waals surface area contributed by atoms with E-state index in [1.807, 2.05) is 12.4 Å². The molecule has 5 heterocycles. The van der Waals surface area contributed by atoms with Gasteiger partial charge in [0.2, 0.25) is 5.95 Å². The second kappa shape index (κ2) is 9.26. The number of hydrogen-bond acceptors (Lipinski definition) is 7. The molecule has 0 amide bonds. The molecule has 1 N–H and O–H groups in total. The van der Waals surface area contributed by atoms with E-state index in [0.717, 1.165) is 67.5 Å². The van der Waals surface area contributed by atoms with Crippen LogP contribution in [-0.4, -0.2) is 82.7 Å². The number of ether oxygens (including phenoxy) is 1. The Kier molecular flexibility index (Phi) is 5.99. The predicted molar refractivity (Wildman–Crippen MR) is 139 cm³/mol. The maximum atomic E-state index is 6.79. The van der Waals surface area contributed by atoms with Crippen LogP contribution in [0.2, 0.25) is 0 Å². The molecule has 2 atom stereocenters. The van der Waals surface area contributed by atoms with Crippen molar-refractivity contribution in [1.29, 1.82) is 0 Å². The van der Waals surface area contributed by atoms with Crippen LogP contribution in [0.3, 0.4) is 0 Å². The highest BCUT2D eigenvalue weighted by Crippen LogP contribution is 2.33. The van der Waals surface area contributed by atoms with Crippen LogP contribution >= 0.6 is 11.3 Å². The third kappa shape index (κ3) is 4.31. The molecule has 4 aromatic rings. The Morgan fingerprint density at radius 2 is 2.00 bits per heavy atom. The van der Waals surface area contributed by atoms with Crippen molar-refractivity contribution in [2.75, 3.05) is 50.7 Å². The number of benzene rings is 1. The number of morpholine rings is 1. The molecule has 1 aromatic carbocycles. The molecular formula is C26H32N6OS. The Labute approximate surface area is 204 Å². The Morgan fingerprint density at radius 3 is 2.85 bits per heavy atom. The minimum absolute atomic E-state index is 0.0306. The van der Waals surface area contributed by atoms with Crippen molar-refractivity contribution in [3.8, 4) is 0 Å². The van der Waals surface area contributed by atoms with Crippen molar-refractivity contribution in [1.82, 2.24) is 24.8 Å². The highest BCUT2D eigenvalue weighted by atomic mass is 32.1. The Morgan fingerprint density at radius 1 is 1.12 bits per heavy atom. The summed E-state index contributed by atoms with van der Waals surface area (Å²) < 4.78 is 7.92. The molecule has 2 aliphatic heterocycles. The number of nitrogens with zero attached hydrogens (tertiary/aromatic N) is 5. The molecule has 3 aromatic heterocycles. The summed E-state index contributed by atoms with van der Waals surface area (Å²) in [7, 11) is 0. The first-order valence-corrected chi connectivity index (χ1v) is 13.1. The summed E-state index contributed by atoms with van der Waals surface area (Å²) in [6.45, 7) is 11.5. The first-order valence-electron chi connectivity index (χ1n) is 12.3. The van der Waals surface area contributed by atoms with E-state index >= 15 is 0 Å². The van der Waals surface area contributed by atoms with Gasteiger partial charge in [0.05, 0.1) is 29.1 Å². The smallest absolute Gasteiger partial charge is 0.226 e. The van der Waals surface area contributed by atoms with Gasteiger partial charge in [0.1, 0.15) is 6.10 Å². The molecule has 2 fully saturated rings. The number of anilines is 1. The van der Waals surface area contributed by atoms with Gasteiger partial charge in [-0.1, -0.05) is 12.1 Å². The monoisotopic (exact) mass is 476 g/mol. The normalized spacial score (nSPS) is 22.9. The summed E-state index contributed by atoms with van der Waals surface area (Å²) in [5.41, 5.74) is 3.40. The molecule has 8 heteroatoms. The molecule has 2 aliphatic rings. The Balaban J connectivity index is 1.27. The van der Waals surface area contributed by atoms with Crippen molar-refractivity contribution in [2.24, 2.45) is 0 Å². The highest BCUT2D eigenvalue weighted by molar-refractivity contribution is 7.17. The molecule has 7 nitrogen and oxygen atoms in total. The average molecular weight is 477 g/mol. The van der Waals surface area contributed by atoms with Gasteiger partial charge in [0, 0.05) is 62.4 Å². The zero-order chi connectivity index (χ0) is 23.1. The molecule has 0 bridgehead atoms. The van der Waals surface area contributed by atoms with Crippen molar-refractivity contribution in [3.05, 3.63) is 53.7 Å². The van der Waals surface area contributed by atoms with E-state index in [4.69, 9.17) is 14.7 Å². The van der Waals surface area contributed by atoms with Crippen LogP contribution in [0.5, 0.6) is 0 Å². The van der Waals surface area contributed by atoms with Gasteiger partial charge in [0.25, 0.3) is 0 Å². The molecular weight excluding hydrogens is 444 g/mol. The third-order valence-electron chi connectivity index (χ3n) is 7.22. The van der Waals surface area contributed by atoms with Crippen LogP contribution in [0.25, 0.3) is 21.1 Å². The van der Waals surface area contributed by atoms with E-state index in [1.165, 1.54) is 10.9 Å².